The first-order valence-corrected chi connectivity index (χ1v) is 8.87. The molecule has 2 N–H and O–H groups in total. The fraction of sp³-hybridized carbons (Fsp3) is 0.417. The fourth-order valence-corrected chi connectivity index (χ4v) is 3.52. The number of rotatable bonds is 5. The molecule has 0 saturated carbocycles. The molecule has 1 rings (SSSR count). The van der Waals surface area contributed by atoms with Crippen molar-refractivity contribution in [3.8, 4) is 5.75 Å². The zero-order valence-corrected chi connectivity index (χ0v) is 16.4. The number of carbonyl (C=O) groups excluding carboxylic acids is 1. The van der Waals surface area contributed by atoms with Gasteiger partial charge in [-0.2, -0.15) is 0 Å². The molecule has 0 atom stereocenters. The smallest absolute Gasteiger partial charge is 0.255 e. The van der Waals surface area contributed by atoms with E-state index in [4.69, 9.17) is 0 Å². The molecule has 0 radical (unpaired) electrons. The van der Waals surface area contributed by atoms with E-state index in [1.54, 1.807) is 6.07 Å². The van der Waals surface area contributed by atoms with Crippen LogP contribution in [0.5, 0.6) is 5.75 Å². The molecule has 1 aromatic rings. The van der Waals surface area contributed by atoms with Gasteiger partial charge >= 0.3 is 0 Å². The molecule has 0 aliphatic heterocycles. The second-order valence-electron chi connectivity index (χ2n) is 3.85. The lowest BCUT2D eigenvalue weighted by Gasteiger charge is -2.10. The lowest BCUT2D eigenvalue weighted by molar-refractivity contribution is 0.0950. The van der Waals surface area contributed by atoms with Gasteiger partial charge in [0, 0.05) is 13.7 Å². The van der Waals surface area contributed by atoms with Crippen molar-refractivity contribution in [2.45, 2.75) is 26.2 Å². The van der Waals surface area contributed by atoms with Gasteiger partial charge in [0.05, 0.1) is 9.13 Å². The van der Waals surface area contributed by atoms with Gasteiger partial charge < -0.3 is 10.4 Å². The average molecular weight is 585 g/mol. The molecule has 1 aromatic carbocycles. The number of phenols is 1. The summed E-state index contributed by atoms with van der Waals surface area (Å²) in [5.74, 6) is -0.121. The van der Waals surface area contributed by atoms with E-state index < -0.39 is 0 Å². The summed E-state index contributed by atoms with van der Waals surface area (Å²) >= 11 is 6.40. The Hall–Kier alpha value is 0.680. The number of carbonyl (C=O) groups is 1. The van der Waals surface area contributed by atoms with Crippen LogP contribution in [0.2, 0.25) is 0 Å². The number of aromatic hydroxyl groups is 1. The van der Waals surface area contributed by atoms with E-state index in [0.29, 0.717) is 12.1 Å². The van der Waals surface area contributed by atoms with E-state index >= 15 is 0 Å². The highest BCUT2D eigenvalue weighted by Gasteiger charge is 2.17. The van der Waals surface area contributed by atoms with Crippen molar-refractivity contribution in [1.82, 2.24) is 5.32 Å². The molecule has 18 heavy (non-hydrogen) atoms. The van der Waals surface area contributed by atoms with Crippen LogP contribution >= 0.6 is 67.8 Å². The minimum absolute atomic E-state index is 0.0772. The summed E-state index contributed by atoms with van der Waals surface area (Å²) in [4.78, 5) is 12.0. The molecular formula is C12H14I3NO2. The van der Waals surface area contributed by atoms with E-state index in [0.717, 1.165) is 30.0 Å². The van der Waals surface area contributed by atoms with E-state index in [1.807, 2.05) is 0 Å². The van der Waals surface area contributed by atoms with Crippen LogP contribution in [0, 0.1) is 10.7 Å². The van der Waals surface area contributed by atoms with E-state index in [-0.39, 0.29) is 11.7 Å². The summed E-state index contributed by atoms with van der Waals surface area (Å²) in [6.07, 6.45) is 3.20. The van der Waals surface area contributed by atoms with Crippen molar-refractivity contribution < 1.29 is 9.90 Å². The molecule has 6 heteroatoms. The first-order valence-electron chi connectivity index (χ1n) is 5.63. The monoisotopic (exact) mass is 585 g/mol. The Bertz CT molecular complexity index is 449. The van der Waals surface area contributed by atoms with Gasteiger partial charge in [-0.25, -0.2) is 0 Å². The number of hydrogen-bond acceptors (Lipinski definition) is 2. The van der Waals surface area contributed by atoms with Crippen molar-refractivity contribution in [2.75, 3.05) is 6.54 Å². The van der Waals surface area contributed by atoms with Gasteiger partial charge in [0.1, 0.15) is 5.75 Å². The summed E-state index contributed by atoms with van der Waals surface area (Å²) in [7, 11) is 0. The topological polar surface area (TPSA) is 49.3 Å². The third-order valence-corrected chi connectivity index (χ3v) is 7.53. The summed E-state index contributed by atoms with van der Waals surface area (Å²) in [6, 6.07) is 1.73. The molecule has 3 nitrogen and oxygen atoms in total. The third kappa shape index (κ3) is 4.36. The Morgan fingerprint density at radius 1 is 1.28 bits per heavy atom. The predicted molar refractivity (Wildman–Crippen MR) is 98.1 cm³/mol. The van der Waals surface area contributed by atoms with Crippen molar-refractivity contribution in [3.05, 3.63) is 22.3 Å². The molecule has 0 bridgehead atoms. The van der Waals surface area contributed by atoms with Gasteiger partial charge in [-0.3, -0.25) is 4.79 Å². The second kappa shape index (κ2) is 8.08. The normalized spacial score (nSPS) is 10.4. The quantitative estimate of drug-likeness (QED) is 0.311. The first-order chi connectivity index (χ1) is 8.49. The number of halogens is 3. The zero-order chi connectivity index (χ0) is 13.7. The number of amides is 1. The van der Waals surface area contributed by atoms with Gasteiger partial charge in [-0.1, -0.05) is 19.8 Å². The van der Waals surface area contributed by atoms with Crippen LogP contribution in [-0.4, -0.2) is 17.6 Å². The molecule has 0 saturated heterocycles. The molecule has 0 unspecified atom stereocenters. The van der Waals surface area contributed by atoms with Gasteiger partial charge in [0.2, 0.25) is 0 Å². The standard InChI is InChI=1S/C12H14I3NO2/c1-2-3-4-5-16-12(18)7-6-8(13)9(14)10(15)11(7)17/h6,17H,2-5H2,1H3,(H,16,18). The molecule has 0 heterocycles. The van der Waals surface area contributed by atoms with Crippen LogP contribution in [0.4, 0.5) is 0 Å². The summed E-state index contributed by atoms with van der Waals surface area (Å²) < 4.78 is 2.70. The number of unbranched alkanes of at least 4 members (excludes halogenated alkanes) is 2. The SMILES string of the molecule is CCCCCNC(=O)c1cc(I)c(I)c(I)c1O. The van der Waals surface area contributed by atoms with Gasteiger partial charge in [0.25, 0.3) is 5.91 Å². The zero-order valence-electron chi connectivity index (χ0n) is 9.90. The van der Waals surface area contributed by atoms with Crippen molar-refractivity contribution in [1.29, 1.82) is 0 Å². The minimum Gasteiger partial charge on any atom is -0.506 e. The molecule has 0 aliphatic rings. The van der Waals surface area contributed by atoms with Crippen LogP contribution in [-0.2, 0) is 0 Å². The van der Waals surface area contributed by atoms with E-state index in [2.05, 4.69) is 80.0 Å². The highest BCUT2D eigenvalue weighted by Crippen LogP contribution is 2.32. The highest BCUT2D eigenvalue weighted by molar-refractivity contribution is 14.1. The van der Waals surface area contributed by atoms with E-state index in [9.17, 15) is 9.90 Å². The lowest BCUT2D eigenvalue weighted by Crippen LogP contribution is -2.25. The Kier molecular flexibility index (Phi) is 7.51. The van der Waals surface area contributed by atoms with Crippen molar-refractivity contribution in [2.24, 2.45) is 0 Å². The summed E-state index contributed by atoms with van der Waals surface area (Å²) in [6.45, 7) is 2.78. The molecule has 0 aromatic heterocycles. The number of nitrogens with one attached hydrogen (secondary N) is 1. The maximum absolute atomic E-state index is 12.0. The van der Waals surface area contributed by atoms with Crippen molar-refractivity contribution in [3.63, 3.8) is 0 Å². The van der Waals surface area contributed by atoms with Crippen LogP contribution < -0.4 is 5.32 Å². The molecule has 0 fully saturated rings. The first kappa shape index (κ1) is 16.7. The van der Waals surface area contributed by atoms with Crippen LogP contribution in [0.15, 0.2) is 6.07 Å². The van der Waals surface area contributed by atoms with Gasteiger partial charge in [0.15, 0.2) is 0 Å². The molecule has 1 amide bonds. The van der Waals surface area contributed by atoms with Gasteiger partial charge in [-0.05, 0) is 80.3 Å². The summed E-state index contributed by atoms with van der Waals surface area (Å²) in [5, 5.41) is 12.8. The van der Waals surface area contributed by atoms with E-state index in [1.165, 1.54) is 0 Å². The Morgan fingerprint density at radius 3 is 2.56 bits per heavy atom. The summed E-state index contributed by atoms with van der Waals surface area (Å²) in [5.41, 5.74) is 0.362. The largest absolute Gasteiger partial charge is 0.506 e. The molecule has 0 aliphatic carbocycles. The van der Waals surface area contributed by atoms with Crippen LogP contribution in [0.3, 0.4) is 0 Å². The number of phenolic OH excluding ortho intramolecular Hbond substituents is 1. The molecule has 0 spiro atoms. The van der Waals surface area contributed by atoms with Crippen LogP contribution in [0.25, 0.3) is 0 Å². The molecule has 100 valence electrons. The van der Waals surface area contributed by atoms with Gasteiger partial charge in [-0.15, -0.1) is 0 Å². The minimum atomic E-state index is -0.198. The maximum Gasteiger partial charge on any atom is 0.255 e. The van der Waals surface area contributed by atoms with Crippen molar-refractivity contribution >= 4 is 73.7 Å². The predicted octanol–water partition coefficient (Wildman–Crippen LogP) is 4.13. The lowest BCUT2D eigenvalue weighted by atomic mass is 10.2. The molecular weight excluding hydrogens is 571 g/mol. The second-order valence-corrected chi connectivity index (χ2v) is 7.17. The Balaban J connectivity index is 2.80. The average Bonchev–Trinajstić information content (AvgIpc) is 2.36. The maximum atomic E-state index is 12.0. The third-order valence-electron chi connectivity index (χ3n) is 2.45. The van der Waals surface area contributed by atoms with Crippen LogP contribution in [0.1, 0.15) is 36.5 Å². The Morgan fingerprint density at radius 2 is 1.94 bits per heavy atom. The number of benzene rings is 1. The Labute approximate surface area is 148 Å². The fourth-order valence-electron chi connectivity index (χ4n) is 1.43. The highest BCUT2D eigenvalue weighted by atomic mass is 127. The number of hydrogen-bond donors (Lipinski definition) is 2.